The van der Waals surface area contributed by atoms with Gasteiger partial charge in [-0.05, 0) is 65.4 Å². The maximum Gasteiger partial charge on any atom is 0.345 e. The molecule has 4 rings (SSSR count). The fourth-order valence-electron chi connectivity index (χ4n) is 3.30. The molecule has 0 aliphatic carbocycles. The number of hydrogen-bond acceptors (Lipinski definition) is 6. The molecular weight excluding hydrogens is 568 g/mol. The van der Waals surface area contributed by atoms with Crippen molar-refractivity contribution in [3.8, 4) is 11.5 Å². The summed E-state index contributed by atoms with van der Waals surface area (Å²) < 4.78 is 10.8. The first-order chi connectivity index (χ1) is 17.2. The highest BCUT2D eigenvalue weighted by atomic mass is 35.5. The van der Waals surface area contributed by atoms with Crippen LogP contribution in [0.3, 0.4) is 0 Å². The largest absolute Gasteiger partial charge is 0.493 e. The van der Waals surface area contributed by atoms with Crippen LogP contribution in [0.5, 0.6) is 11.5 Å². The number of halogens is 4. The Morgan fingerprint density at radius 1 is 0.944 bits per heavy atom. The highest BCUT2D eigenvalue weighted by molar-refractivity contribution is 8.18. The molecule has 2 amide bonds. The van der Waals surface area contributed by atoms with Gasteiger partial charge in [0.2, 0.25) is 0 Å². The molecule has 0 aromatic heterocycles. The van der Waals surface area contributed by atoms with Crippen LogP contribution in [0.25, 0.3) is 6.08 Å². The van der Waals surface area contributed by atoms with Crippen molar-refractivity contribution < 1.29 is 23.9 Å². The maximum absolute atomic E-state index is 12.9. The number of nitrogens with zero attached hydrogens (tertiary/aromatic N) is 1. The minimum Gasteiger partial charge on any atom is -0.493 e. The molecule has 6 nitrogen and oxygen atoms in total. The van der Waals surface area contributed by atoms with Crippen LogP contribution in [-0.2, 0) is 11.3 Å². The van der Waals surface area contributed by atoms with Crippen LogP contribution in [0.2, 0.25) is 20.1 Å². The molecule has 0 N–H and O–H groups in total. The van der Waals surface area contributed by atoms with Crippen molar-refractivity contribution in [2.45, 2.75) is 6.54 Å². The highest BCUT2D eigenvalue weighted by Gasteiger charge is 2.35. The fraction of sp³-hybridized carbons (Fsp3) is 0.0800. The molecule has 1 aliphatic heterocycles. The van der Waals surface area contributed by atoms with Gasteiger partial charge in [0, 0.05) is 0 Å². The molecule has 1 aliphatic rings. The molecule has 0 unspecified atom stereocenters. The van der Waals surface area contributed by atoms with Crippen molar-refractivity contribution in [3.63, 3.8) is 0 Å². The lowest BCUT2D eigenvalue weighted by Gasteiger charge is -2.13. The van der Waals surface area contributed by atoms with E-state index in [0.29, 0.717) is 21.2 Å². The Balaban J connectivity index is 1.57. The summed E-state index contributed by atoms with van der Waals surface area (Å²) in [6.45, 7) is 0.0416. The maximum atomic E-state index is 12.9. The molecule has 1 fully saturated rings. The molecule has 1 saturated heterocycles. The zero-order chi connectivity index (χ0) is 26.0. The Bertz CT molecular complexity index is 1430. The summed E-state index contributed by atoms with van der Waals surface area (Å²) >= 11 is 25.2. The molecule has 0 radical (unpaired) electrons. The van der Waals surface area contributed by atoms with Gasteiger partial charge < -0.3 is 9.47 Å². The van der Waals surface area contributed by atoms with Gasteiger partial charge >= 0.3 is 5.97 Å². The summed E-state index contributed by atoms with van der Waals surface area (Å²) in [7, 11) is 1.38. The number of rotatable bonds is 6. The van der Waals surface area contributed by atoms with E-state index in [0.717, 1.165) is 16.7 Å². The molecule has 36 heavy (non-hydrogen) atoms. The van der Waals surface area contributed by atoms with E-state index in [1.54, 1.807) is 36.4 Å². The highest BCUT2D eigenvalue weighted by Crippen LogP contribution is 2.40. The normalized spacial score (nSPS) is 14.5. The standard InChI is InChI=1S/C25H15Cl4NO5S/c1-34-20-10-14(9-19(29)22(20)35-24(32)15-4-2-3-5-16(15)26)11-21-23(31)30(25(33)36-21)12-13-6-7-17(27)18(28)8-13/h2-11H,12H2,1H3/b21-11-. The number of imide groups is 1. The first-order valence-corrected chi connectivity index (χ1v) is 12.5. The first-order valence-electron chi connectivity index (χ1n) is 10.2. The topological polar surface area (TPSA) is 72.9 Å². The zero-order valence-corrected chi connectivity index (χ0v) is 22.2. The monoisotopic (exact) mass is 581 g/mol. The van der Waals surface area contributed by atoms with Crippen LogP contribution in [-0.4, -0.2) is 29.1 Å². The average molecular weight is 583 g/mol. The predicted octanol–water partition coefficient (Wildman–Crippen LogP) is 7.76. The summed E-state index contributed by atoms with van der Waals surface area (Å²) in [5.74, 6) is -1.03. The average Bonchev–Trinajstić information content (AvgIpc) is 3.10. The summed E-state index contributed by atoms with van der Waals surface area (Å²) in [6.07, 6.45) is 1.51. The lowest BCUT2D eigenvalue weighted by atomic mass is 10.1. The lowest BCUT2D eigenvalue weighted by molar-refractivity contribution is -0.123. The number of methoxy groups -OCH3 is 1. The van der Waals surface area contributed by atoms with Crippen LogP contribution < -0.4 is 9.47 Å². The van der Waals surface area contributed by atoms with Crippen molar-refractivity contribution in [3.05, 3.63) is 96.3 Å². The van der Waals surface area contributed by atoms with Crippen LogP contribution in [0.15, 0.2) is 59.5 Å². The number of thioether (sulfide) groups is 1. The number of esters is 1. The van der Waals surface area contributed by atoms with E-state index in [2.05, 4.69) is 0 Å². The Kier molecular flexibility index (Phi) is 8.17. The van der Waals surface area contributed by atoms with Gasteiger partial charge in [-0.2, -0.15) is 0 Å². The Morgan fingerprint density at radius 2 is 1.69 bits per heavy atom. The summed E-state index contributed by atoms with van der Waals surface area (Å²) in [6, 6.07) is 14.3. The van der Waals surface area contributed by atoms with E-state index in [4.69, 9.17) is 55.9 Å². The second-order valence-corrected chi connectivity index (χ2v) is 10.0. The van der Waals surface area contributed by atoms with Crippen LogP contribution in [0.4, 0.5) is 4.79 Å². The third-order valence-electron chi connectivity index (χ3n) is 5.04. The summed E-state index contributed by atoms with van der Waals surface area (Å²) in [4.78, 5) is 39.3. The van der Waals surface area contributed by atoms with Crippen LogP contribution in [0, 0.1) is 0 Å². The Hall–Kier alpha value is -2.68. The first kappa shape index (κ1) is 26.4. The molecule has 3 aromatic rings. The van der Waals surface area contributed by atoms with Crippen molar-refractivity contribution in [1.82, 2.24) is 4.90 Å². The van der Waals surface area contributed by atoms with E-state index in [1.807, 2.05) is 0 Å². The quantitative estimate of drug-likeness (QED) is 0.168. The number of amides is 2. The molecule has 0 spiro atoms. The van der Waals surface area contributed by atoms with Crippen LogP contribution in [0.1, 0.15) is 21.5 Å². The Labute approximate surface area is 230 Å². The molecule has 11 heteroatoms. The van der Waals surface area contributed by atoms with E-state index in [1.165, 1.54) is 31.4 Å². The molecule has 0 saturated carbocycles. The predicted molar refractivity (Wildman–Crippen MR) is 142 cm³/mol. The van der Waals surface area contributed by atoms with Gasteiger partial charge in [0.25, 0.3) is 11.1 Å². The van der Waals surface area contributed by atoms with E-state index in [-0.39, 0.29) is 38.6 Å². The van der Waals surface area contributed by atoms with Crippen molar-refractivity contribution in [1.29, 1.82) is 0 Å². The summed E-state index contributed by atoms with van der Waals surface area (Å²) in [5.41, 5.74) is 1.29. The van der Waals surface area contributed by atoms with Gasteiger partial charge in [-0.25, -0.2) is 4.79 Å². The minimum atomic E-state index is -0.711. The molecule has 3 aromatic carbocycles. The number of benzene rings is 3. The third-order valence-corrected chi connectivity index (χ3v) is 7.29. The lowest BCUT2D eigenvalue weighted by Crippen LogP contribution is -2.27. The van der Waals surface area contributed by atoms with Crippen molar-refractivity contribution >= 4 is 81.4 Å². The number of hydrogen-bond donors (Lipinski definition) is 0. The smallest absolute Gasteiger partial charge is 0.345 e. The molecule has 0 atom stereocenters. The molecule has 0 bridgehead atoms. The second kappa shape index (κ2) is 11.2. The van der Waals surface area contributed by atoms with Crippen molar-refractivity contribution in [2.75, 3.05) is 7.11 Å². The van der Waals surface area contributed by atoms with Gasteiger partial charge in [-0.3, -0.25) is 14.5 Å². The molecule has 184 valence electrons. The van der Waals surface area contributed by atoms with E-state index < -0.39 is 17.1 Å². The zero-order valence-electron chi connectivity index (χ0n) is 18.4. The van der Waals surface area contributed by atoms with Crippen LogP contribution >= 0.6 is 58.2 Å². The number of carbonyl (C=O) groups is 3. The van der Waals surface area contributed by atoms with Gasteiger partial charge in [0.1, 0.15) is 0 Å². The van der Waals surface area contributed by atoms with E-state index in [9.17, 15) is 14.4 Å². The number of carbonyl (C=O) groups excluding carboxylic acids is 3. The second-order valence-electron chi connectivity index (χ2n) is 7.42. The van der Waals surface area contributed by atoms with Gasteiger partial charge in [0.05, 0.1) is 44.2 Å². The molecular formula is C25H15Cl4NO5S. The third kappa shape index (κ3) is 5.66. The van der Waals surface area contributed by atoms with Gasteiger partial charge in [-0.15, -0.1) is 0 Å². The minimum absolute atomic E-state index is 0.00559. The van der Waals surface area contributed by atoms with Crippen molar-refractivity contribution in [2.24, 2.45) is 0 Å². The SMILES string of the molecule is COc1cc(/C=C2\SC(=O)N(Cc3ccc(Cl)c(Cl)c3)C2=O)cc(Cl)c1OC(=O)c1ccccc1Cl. The van der Waals surface area contributed by atoms with Gasteiger partial charge in [0.15, 0.2) is 11.5 Å². The Morgan fingerprint density at radius 3 is 2.39 bits per heavy atom. The molecule has 1 heterocycles. The van der Waals surface area contributed by atoms with Gasteiger partial charge in [-0.1, -0.05) is 64.6 Å². The fourth-order valence-corrected chi connectivity index (χ4v) is 4.93. The summed E-state index contributed by atoms with van der Waals surface area (Å²) in [5, 5.41) is 0.567. The number of ether oxygens (including phenoxy) is 2. The van der Waals surface area contributed by atoms with E-state index >= 15 is 0 Å².